The van der Waals surface area contributed by atoms with Gasteiger partial charge >= 0.3 is 6.18 Å². The van der Waals surface area contributed by atoms with E-state index in [1.165, 1.54) is 0 Å². The van der Waals surface area contributed by atoms with E-state index >= 15 is 0 Å². The Morgan fingerprint density at radius 1 is 1.15 bits per heavy atom. The highest BCUT2D eigenvalue weighted by atomic mass is 19.4. The quantitative estimate of drug-likeness (QED) is 0.724. The van der Waals surface area contributed by atoms with E-state index < -0.39 is 12.8 Å². The highest BCUT2D eigenvalue weighted by Crippen LogP contribution is 2.15. The number of benzene rings is 1. The number of ether oxygens (including phenoxy) is 1. The molecule has 0 aliphatic carbocycles. The van der Waals surface area contributed by atoms with Crippen LogP contribution in [0.3, 0.4) is 0 Å². The molecule has 2 rings (SSSR count). The number of amides is 1. The van der Waals surface area contributed by atoms with Crippen LogP contribution in [0.5, 0.6) is 0 Å². The Kier molecular flexibility index (Phi) is 7.42. The maximum Gasteiger partial charge on any atom is 0.411 e. The zero-order valence-electron chi connectivity index (χ0n) is 14.5. The molecule has 0 aromatic heterocycles. The summed E-state index contributed by atoms with van der Waals surface area (Å²) in [6.45, 7) is 1.89. The fourth-order valence-electron chi connectivity index (χ4n) is 2.83. The van der Waals surface area contributed by atoms with E-state index in [9.17, 15) is 18.0 Å². The lowest BCUT2D eigenvalue weighted by molar-refractivity contribution is -0.175. The van der Waals surface area contributed by atoms with Crippen LogP contribution in [-0.2, 0) is 16.1 Å². The molecule has 1 heterocycles. The molecule has 0 bridgehead atoms. The molecule has 1 fully saturated rings. The van der Waals surface area contributed by atoms with E-state index in [-0.39, 0.29) is 18.9 Å². The molecular formula is C18H22F3N3O2. The van der Waals surface area contributed by atoms with Crippen LogP contribution in [0, 0.1) is 11.3 Å². The van der Waals surface area contributed by atoms with Gasteiger partial charge in [-0.2, -0.15) is 18.4 Å². The van der Waals surface area contributed by atoms with Gasteiger partial charge in [-0.05, 0) is 24.1 Å². The number of hydrogen-bond acceptors (Lipinski definition) is 4. The minimum absolute atomic E-state index is 0.0360. The van der Waals surface area contributed by atoms with Crippen molar-refractivity contribution in [3.05, 3.63) is 35.4 Å². The summed E-state index contributed by atoms with van der Waals surface area (Å²) in [5.74, 6) is -0.174. The van der Waals surface area contributed by atoms with Crippen LogP contribution in [0.2, 0.25) is 0 Å². The second-order valence-corrected chi connectivity index (χ2v) is 6.24. The Balaban J connectivity index is 1.74. The normalized spacial score (nSPS) is 16.2. The van der Waals surface area contributed by atoms with E-state index in [1.54, 1.807) is 17.0 Å². The number of rotatable bonds is 6. The summed E-state index contributed by atoms with van der Waals surface area (Å²) in [4.78, 5) is 16.0. The Morgan fingerprint density at radius 3 is 2.54 bits per heavy atom. The lowest BCUT2D eigenvalue weighted by Crippen LogP contribution is -2.35. The average molecular weight is 369 g/mol. The number of halogens is 3. The van der Waals surface area contributed by atoms with Gasteiger partial charge in [0.05, 0.1) is 24.7 Å². The van der Waals surface area contributed by atoms with Crippen molar-refractivity contribution in [1.82, 2.24) is 9.80 Å². The van der Waals surface area contributed by atoms with Crippen LogP contribution in [0.25, 0.3) is 0 Å². The van der Waals surface area contributed by atoms with Crippen LogP contribution in [0.15, 0.2) is 24.3 Å². The van der Waals surface area contributed by atoms with Crippen molar-refractivity contribution in [2.75, 3.05) is 39.4 Å². The SMILES string of the molecule is N#Cc1ccc(CN2CCCN(C(=O)CCOCC(F)(F)F)CC2)cc1. The highest BCUT2D eigenvalue weighted by Gasteiger charge is 2.27. The van der Waals surface area contributed by atoms with E-state index in [0.717, 1.165) is 25.1 Å². The fourth-order valence-corrected chi connectivity index (χ4v) is 2.83. The van der Waals surface area contributed by atoms with Gasteiger partial charge in [0.2, 0.25) is 5.91 Å². The van der Waals surface area contributed by atoms with Crippen LogP contribution >= 0.6 is 0 Å². The Labute approximate surface area is 150 Å². The van der Waals surface area contributed by atoms with E-state index in [0.29, 0.717) is 25.2 Å². The van der Waals surface area contributed by atoms with Gasteiger partial charge in [-0.15, -0.1) is 0 Å². The van der Waals surface area contributed by atoms with Gasteiger partial charge in [0.1, 0.15) is 6.61 Å². The average Bonchev–Trinajstić information content (AvgIpc) is 2.84. The summed E-state index contributed by atoms with van der Waals surface area (Å²) in [5.41, 5.74) is 1.72. The molecule has 142 valence electrons. The number of nitrogens with zero attached hydrogens (tertiary/aromatic N) is 3. The van der Waals surface area contributed by atoms with Crippen molar-refractivity contribution in [3.8, 4) is 6.07 Å². The third kappa shape index (κ3) is 7.02. The molecule has 1 aromatic carbocycles. The lowest BCUT2D eigenvalue weighted by Gasteiger charge is -2.22. The minimum Gasteiger partial charge on any atom is -0.372 e. The first-order chi connectivity index (χ1) is 12.4. The molecule has 1 amide bonds. The maximum atomic E-state index is 12.1. The van der Waals surface area contributed by atoms with Crippen molar-refractivity contribution in [2.24, 2.45) is 0 Å². The van der Waals surface area contributed by atoms with E-state index in [1.807, 2.05) is 12.1 Å². The van der Waals surface area contributed by atoms with Gasteiger partial charge in [0, 0.05) is 32.7 Å². The summed E-state index contributed by atoms with van der Waals surface area (Å²) in [7, 11) is 0. The molecule has 0 spiro atoms. The monoisotopic (exact) mass is 369 g/mol. The van der Waals surface area contributed by atoms with Gasteiger partial charge in [0.25, 0.3) is 0 Å². The lowest BCUT2D eigenvalue weighted by atomic mass is 10.1. The van der Waals surface area contributed by atoms with Gasteiger partial charge in [-0.25, -0.2) is 0 Å². The van der Waals surface area contributed by atoms with Crippen LogP contribution in [-0.4, -0.2) is 61.3 Å². The van der Waals surface area contributed by atoms with E-state index in [2.05, 4.69) is 15.7 Å². The standard InChI is InChI=1S/C18H22F3N3O2/c19-18(20,21)14-26-11-6-17(25)24-8-1-7-23(9-10-24)13-16-4-2-15(12-22)3-5-16/h2-5H,1,6-11,13-14H2. The first-order valence-corrected chi connectivity index (χ1v) is 8.51. The first kappa shape index (κ1) is 20.2. The number of nitriles is 1. The van der Waals surface area contributed by atoms with Crippen molar-refractivity contribution < 1.29 is 22.7 Å². The molecule has 1 aliphatic heterocycles. The Hall–Kier alpha value is -2.11. The molecule has 26 heavy (non-hydrogen) atoms. The van der Waals surface area contributed by atoms with Gasteiger partial charge < -0.3 is 9.64 Å². The van der Waals surface area contributed by atoms with Crippen LogP contribution < -0.4 is 0 Å². The van der Waals surface area contributed by atoms with Crippen molar-refractivity contribution in [2.45, 2.75) is 25.6 Å². The second kappa shape index (κ2) is 9.55. The van der Waals surface area contributed by atoms with Crippen LogP contribution in [0.4, 0.5) is 13.2 Å². The van der Waals surface area contributed by atoms with Crippen LogP contribution in [0.1, 0.15) is 24.0 Å². The first-order valence-electron chi connectivity index (χ1n) is 8.51. The fraction of sp³-hybridized carbons (Fsp3) is 0.556. The molecular weight excluding hydrogens is 347 g/mol. The predicted octanol–water partition coefficient (Wildman–Crippen LogP) is 2.56. The summed E-state index contributed by atoms with van der Waals surface area (Å²) < 4.78 is 40.5. The maximum absolute atomic E-state index is 12.1. The summed E-state index contributed by atoms with van der Waals surface area (Å²) in [5, 5.41) is 8.82. The molecule has 0 unspecified atom stereocenters. The molecule has 8 heteroatoms. The van der Waals surface area contributed by atoms with Gasteiger partial charge in [-0.1, -0.05) is 12.1 Å². The summed E-state index contributed by atoms with van der Waals surface area (Å²) >= 11 is 0. The van der Waals surface area contributed by atoms with Crippen molar-refractivity contribution >= 4 is 5.91 Å². The van der Waals surface area contributed by atoms with Crippen molar-refractivity contribution in [1.29, 1.82) is 5.26 Å². The second-order valence-electron chi connectivity index (χ2n) is 6.24. The molecule has 1 aromatic rings. The predicted molar refractivity (Wildman–Crippen MR) is 89.1 cm³/mol. The molecule has 5 nitrogen and oxygen atoms in total. The summed E-state index contributed by atoms with van der Waals surface area (Å²) in [6, 6.07) is 9.49. The van der Waals surface area contributed by atoms with Crippen molar-refractivity contribution in [3.63, 3.8) is 0 Å². The third-order valence-electron chi connectivity index (χ3n) is 4.16. The topological polar surface area (TPSA) is 56.6 Å². The number of hydrogen-bond donors (Lipinski definition) is 0. The van der Waals surface area contributed by atoms with Gasteiger partial charge in [-0.3, -0.25) is 9.69 Å². The zero-order chi connectivity index (χ0) is 19.0. The largest absolute Gasteiger partial charge is 0.411 e. The van der Waals surface area contributed by atoms with E-state index in [4.69, 9.17) is 5.26 Å². The smallest absolute Gasteiger partial charge is 0.372 e. The highest BCUT2D eigenvalue weighted by molar-refractivity contribution is 5.76. The molecule has 0 saturated carbocycles. The molecule has 0 radical (unpaired) electrons. The molecule has 1 saturated heterocycles. The molecule has 1 aliphatic rings. The Morgan fingerprint density at radius 2 is 1.88 bits per heavy atom. The number of carbonyl (C=O) groups is 1. The Bertz CT molecular complexity index is 626. The minimum atomic E-state index is -4.36. The molecule has 0 N–H and O–H groups in total. The number of carbonyl (C=O) groups excluding carboxylic acids is 1. The molecule has 0 atom stereocenters. The van der Waals surface area contributed by atoms with Gasteiger partial charge in [0.15, 0.2) is 0 Å². The third-order valence-corrected chi connectivity index (χ3v) is 4.16. The number of alkyl halides is 3. The zero-order valence-corrected chi connectivity index (χ0v) is 14.5. The summed E-state index contributed by atoms with van der Waals surface area (Å²) in [6.07, 6.45) is -3.59.